The number of rotatable bonds is 1. The van der Waals surface area contributed by atoms with Gasteiger partial charge in [-0.05, 0) is 22.9 Å². The first-order valence-corrected chi connectivity index (χ1v) is 6.10. The molecular formula is C14H11BrNNaO. The van der Waals surface area contributed by atoms with E-state index in [9.17, 15) is 0 Å². The van der Waals surface area contributed by atoms with Crippen LogP contribution < -0.4 is 4.74 Å². The summed E-state index contributed by atoms with van der Waals surface area (Å²) in [7, 11) is 1.65. The molecule has 2 aromatic carbocycles. The molecule has 3 aromatic rings. The van der Waals surface area contributed by atoms with Crippen molar-refractivity contribution in [2.45, 2.75) is 0 Å². The maximum absolute atomic E-state index is 5.36. The van der Waals surface area contributed by atoms with Crippen LogP contribution in [-0.2, 0) is 0 Å². The normalized spacial score (nSPS) is 10.3. The number of nitrogens with zero attached hydrogens (tertiary/aromatic N) is 1. The maximum atomic E-state index is 5.36. The van der Waals surface area contributed by atoms with E-state index in [1.165, 1.54) is 5.39 Å². The Labute approximate surface area is 136 Å². The van der Waals surface area contributed by atoms with Gasteiger partial charge < -0.3 is 4.74 Å². The van der Waals surface area contributed by atoms with Crippen LogP contribution in [0.3, 0.4) is 0 Å². The van der Waals surface area contributed by atoms with Crippen molar-refractivity contribution in [3.63, 3.8) is 0 Å². The zero-order valence-corrected chi connectivity index (χ0v) is 10.9. The van der Waals surface area contributed by atoms with Crippen molar-refractivity contribution in [1.82, 2.24) is 4.98 Å². The fourth-order valence-corrected chi connectivity index (χ4v) is 2.70. The number of methoxy groups -OCH3 is 1. The molecule has 4 heteroatoms. The van der Waals surface area contributed by atoms with E-state index in [1.807, 2.05) is 18.2 Å². The predicted molar refractivity (Wildman–Crippen MR) is 80.7 cm³/mol. The predicted octanol–water partition coefficient (Wildman–Crippen LogP) is 3.51. The van der Waals surface area contributed by atoms with Crippen molar-refractivity contribution in [2.75, 3.05) is 7.11 Å². The van der Waals surface area contributed by atoms with Crippen LogP contribution in [0.15, 0.2) is 47.1 Å². The van der Waals surface area contributed by atoms with E-state index < -0.39 is 0 Å². The van der Waals surface area contributed by atoms with Crippen molar-refractivity contribution >= 4 is 67.0 Å². The zero-order chi connectivity index (χ0) is 11.8. The van der Waals surface area contributed by atoms with Crippen LogP contribution in [0.4, 0.5) is 0 Å². The van der Waals surface area contributed by atoms with Crippen LogP contribution in [0.1, 0.15) is 0 Å². The first kappa shape index (κ1) is 13.8. The number of benzene rings is 2. The number of fused-ring (bicyclic) bond motifs is 3. The monoisotopic (exact) mass is 311 g/mol. The molecule has 0 amide bonds. The molecule has 2 nitrogen and oxygen atoms in total. The molecule has 18 heavy (non-hydrogen) atoms. The molecule has 0 fully saturated rings. The van der Waals surface area contributed by atoms with Crippen molar-refractivity contribution < 1.29 is 4.74 Å². The summed E-state index contributed by atoms with van der Waals surface area (Å²) < 4.78 is 6.42. The summed E-state index contributed by atoms with van der Waals surface area (Å²) in [5.74, 6) is 0.667. The van der Waals surface area contributed by atoms with Gasteiger partial charge in [-0.3, -0.25) is 0 Å². The van der Waals surface area contributed by atoms with Crippen LogP contribution in [0.2, 0.25) is 0 Å². The van der Waals surface area contributed by atoms with Crippen molar-refractivity contribution in [3.05, 3.63) is 47.1 Å². The number of halogens is 1. The van der Waals surface area contributed by atoms with Gasteiger partial charge in [0.15, 0.2) is 0 Å². The molecule has 0 bridgehead atoms. The van der Waals surface area contributed by atoms with Gasteiger partial charge >= 0.3 is 29.6 Å². The SMILES string of the molecule is COc1nccc2c(Br)cc3ccccc3c12.[NaH]. The Balaban J connectivity index is 0.00000120. The van der Waals surface area contributed by atoms with Gasteiger partial charge in [0.05, 0.1) is 12.5 Å². The summed E-state index contributed by atoms with van der Waals surface area (Å²) >= 11 is 3.60. The molecule has 1 heterocycles. The Hall–Kier alpha value is -0.610. The van der Waals surface area contributed by atoms with Crippen LogP contribution in [0.25, 0.3) is 21.5 Å². The Morgan fingerprint density at radius 1 is 1.11 bits per heavy atom. The van der Waals surface area contributed by atoms with Gasteiger partial charge in [0.2, 0.25) is 5.88 Å². The van der Waals surface area contributed by atoms with Crippen molar-refractivity contribution in [1.29, 1.82) is 0 Å². The first-order valence-electron chi connectivity index (χ1n) is 5.31. The van der Waals surface area contributed by atoms with Gasteiger partial charge in [-0.25, -0.2) is 4.98 Å². The minimum absolute atomic E-state index is 0. The number of hydrogen-bond donors (Lipinski definition) is 0. The third-order valence-corrected chi connectivity index (χ3v) is 3.54. The van der Waals surface area contributed by atoms with E-state index in [0.29, 0.717) is 5.88 Å². The summed E-state index contributed by atoms with van der Waals surface area (Å²) in [5, 5.41) is 4.52. The van der Waals surface area contributed by atoms with E-state index in [2.05, 4.69) is 39.1 Å². The topological polar surface area (TPSA) is 22.1 Å². The molecule has 0 aliphatic rings. The third kappa shape index (κ3) is 2.16. The number of hydrogen-bond acceptors (Lipinski definition) is 2. The van der Waals surface area contributed by atoms with Gasteiger partial charge in [0.25, 0.3) is 0 Å². The zero-order valence-electron chi connectivity index (χ0n) is 9.27. The Morgan fingerprint density at radius 2 is 1.89 bits per heavy atom. The average molecular weight is 312 g/mol. The molecular weight excluding hydrogens is 301 g/mol. The standard InChI is InChI=1S/C14H10BrNO.Na.H/c1-17-14-13-10-5-3-2-4-9(10)8-12(15)11(13)6-7-16-14;;/h2-8H,1H3;;. The first-order chi connectivity index (χ1) is 8.31. The second-order valence-electron chi connectivity index (χ2n) is 3.82. The van der Waals surface area contributed by atoms with E-state index >= 15 is 0 Å². The molecule has 0 spiro atoms. The third-order valence-electron chi connectivity index (χ3n) is 2.88. The van der Waals surface area contributed by atoms with Crippen molar-refractivity contribution in [2.24, 2.45) is 0 Å². The molecule has 0 saturated heterocycles. The van der Waals surface area contributed by atoms with Gasteiger partial charge in [0, 0.05) is 16.1 Å². The van der Waals surface area contributed by atoms with Gasteiger partial charge in [-0.15, -0.1) is 0 Å². The summed E-state index contributed by atoms with van der Waals surface area (Å²) in [4.78, 5) is 4.27. The molecule has 0 N–H and O–H groups in total. The quantitative estimate of drug-likeness (QED) is 0.507. The van der Waals surface area contributed by atoms with E-state index in [1.54, 1.807) is 13.3 Å². The molecule has 0 atom stereocenters. The van der Waals surface area contributed by atoms with Crippen LogP contribution in [-0.4, -0.2) is 41.7 Å². The number of pyridine rings is 1. The molecule has 0 aliphatic carbocycles. The summed E-state index contributed by atoms with van der Waals surface area (Å²) in [6, 6.07) is 12.4. The Morgan fingerprint density at radius 3 is 2.67 bits per heavy atom. The van der Waals surface area contributed by atoms with Crippen molar-refractivity contribution in [3.8, 4) is 5.88 Å². The van der Waals surface area contributed by atoms with E-state index in [0.717, 1.165) is 20.6 Å². The summed E-state index contributed by atoms with van der Waals surface area (Å²) in [5.41, 5.74) is 0. The molecule has 0 radical (unpaired) electrons. The summed E-state index contributed by atoms with van der Waals surface area (Å²) in [6.07, 6.45) is 1.76. The number of aromatic nitrogens is 1. The van der Waals surface area contributed by atoms with Gasteiger partial charge in [-0.1, -0.05) is 40.2 Å². The molecule has 1 aromatic heterocycles. The second-order valence-corrected chi connectivity index (χ2v) is 4.68. The molecule has 0 unspecified atom stereocenters. The van der Waals surface area contributed by atoms with Crippen LogP contribution in [0.5, 0.6) is 5.88 Å². The van der Waals surface area contributed by atoms with Crippen LogP contribution >= 0.6 is 15.9 Å². The molecule has 0 aliphatic heterocycles. The second kappa shape index (κ2) is 5.57. The molecule has 0 saturated carbocycles. The minimum atomic E-state index is 0. The van der Waals surface area contributed by atoms with Crippen LogP contribution in [0, 0.1) is 0 Å². The Bertz CT molecular complexity index is 715. The molecule has 86 valence electrons. The fourth-order valence-electron chi connectivity index (χ4n) is 2.12. The molecule has 3 rings (SSSR count). The van der Waals surface area contributed by atoms with E-state index in [4.69, 9.17) is 4.74 Å². The van der Waals surface area contributed by atoms with E-state index in [-0.39, 0.29) is 29.6 Å². The Kier molecular flexibility index (Phi) is 4.28. The summed E-state index contributed by atoms with van der Waals surface area (Å²) in [6.45, 7) is 0. The van der Waals surface area contributed by atoms with Gasteiger partial charge in [0.1, 0.15) is 0 Å². The average Bonchev–Trinajstić information content (AvgIpc) is 2.38. The fraction of sp³-hybridized carbons (Fsp3) is 0.0714. The number of ether oxygens (including phenoxy) is 1. The van der Waals surface area contributed by atoms with Gasteiger partial charge in [-0.2, -0.15) is 0 Å².